The number of halogens is 1. The van der Waals surface area contributed by atoms with Crippen LogP contribution >= 0.6 is 0 Å². The van der Waals surface area contributed by atoms with Crippen molar-refractivity contribution in [3.8, 4) is 17.2 Å². The number of ether oxygens (including phenoxy) is 3. The molecule has 10 nitrogen and oxygen atoms in total. The van der Waals surface area contributed by atoms with E-state index in [4.69, 9.17) is 14.2 Å². The molecule has 1 N–H and O–H groups in total. The predicted octanol–water partition coefficient (Wildman–Crippen LogP) is 3.30. The van der Waals surface area contributed by atoms with E-state index in [-0.39, 0.29) is 29.3 Å². The van der Waals surface area contributed by atoms with Crippen molar-refractivity contribution in [2.45, 2.75) is 36.0 Å². The van der Waals surface area contributed by atoms with Crippen LogP contribution in [0.5, 0.6) is 17.2 Å². The first kappa shape index (κ1) is 30.3. The molecule has 2 heterocycles. The van der Waals surface area contributed by atoms with E-state index in [2.05, 4.69) is 5.32 Å². The molecule has 1 saturated heterocycles. The number of hydrogen-bond donors (Lipinski definition) is 1. The van der Waals surface area contributed by atoms with Crippen LogP contribution < -0.4 is 23.8 Å². The van der Waals surface area contributed by atoms with E-state index in [1.807, 2.05) is 6.92 Å². The summed E-state index contributed by atoms with van der Waals surface area (Å²) >= 11 is 0. The number of sulfonamides is 1. The van der Waals surface area contributed by atoms with Gasteiger partial charge in [0.25, 0.3) is 15.9 Å². The number of benzene rings is 3. The molecule has 3 aromatic carbocycles. The average molecular weight is 613 g/mol. The van der Waals surface area contributed by atoms with Crippen LogP contribution in [0, 0.1) is 6.92 Å². The Bertz CT molecular complexity index is 1720. The van der Waals surface area contributed by atoms with Crippen LogP contribution in [0.2, 0.25) is 0 Å². The number of hydrogen-bond acceptors (Lipinski definition) is 7. The molecule has 2 aliphatic heterocycles. The summed E-state index contributed by atoms with van der Waals surface area (Å²) in [5, 5.41) is 2.62. The Morgan fingerprint density at radius 2 is 1.70 bits per heavy atom. The summed E-state index contributed by atoms with van der Waals surface area (Å²) in [6.07, 6.45) is -1.59. The fourth-order valence-corrected chi connectivity index (χ4v) is 8.38. The molecule has 2 unspecified atom stereocenters. The van der Waals surface area contributed by atoms with Gasteiger partial charge in [-0.3, -0.25) is 14.1 Å². The highest BCUT2D eigenvalue weighted by molar-refractivity contribution is 7.93. The predicted molar refractivity (Wildman–Crippen MR) is 158 cm³/mol. The van der Waals surface area contributed by atoms with E-state index in [0.29, 0.717) is 22.6 Å². The highest BCUT2D eigenvalue weighted by Gasteiger charge is 2.72. The Balaban J connectivity index is 1.90. The van der Waals surface area contributed by atoms with Crippen LogP contribution in [0.4, 0.5) is 10.1 Å². The van der Waals surface area contributed by atoms with E-state index in [1.54, 1.807) is 49.5 Å². The van der Waals surface area contributed by atoms with E-state index >= 15 is 9.18 Å². The lowest BCUT2D eigenvalue weighted by Gasteiger charge is -2.48. The van der Waals surface area contributed by atoms with Crippen molar-refractivity contribution in [2.75, 3.05) is 46.3 Å². The topological polar surface area (TPSA) is 111 Å². The van der Waals surface area contributed by atoms with Crippen molar-refractivity contribution in [3.05, 3.63) is 77.4 Å². The highest BCUT2D eigenvalue weighted by atomic mass is 32.2. The molecule has 1 fully saturated rings. The summed E-state index contributed by atoms with van der Waals surface area (Å²) < 4.78 is 61.4. The van der Waals surface area contributed by atoms with Crippen molar-refractivity contribution in [1.82, 2.24) is 5.32 Å². The van der Waals surface area contributed by atoms with Gasteiger partial charge in [-0.1, -0.05) is 23.8 Å². The van der Waals surface area contributed by atoms with Gasteiger partial charge in [0.1, 0.15) is 28.7 Å². The lowest BCUT2D eigenvalue weighted by atomic mass is 9.78. The number of likely N-dealkylation sites (N-methyl/N-ethyl adjacent to an activating group) is 2. The maximum atomic E-state index is 15.5. The number of methoxy groups -OCH3 is 3. The minimum absolute atomic E-state index is 0.0239. The highest BCUT2D eigenvalue weighted by Crippen LogP contribution is 2.58. The molecule has 4 atom stereocenters. The number of fused-ring (bicyclic) bond motifs is 1. The summed E-state index contributed by atoms with van der Waals surface area (Å²) in [7, 11) is 2.66. The van der Waals surface area contributed by atoms with Crippen LogP contribution in [0.25, 0.3) is 0 Å². The summed E-state index contributed by atoms with van der Waals surface area (Å²) in [5.74, 6) is -0.690. The molecule has 43 heavy (non-hydrogen) atoms. The fourth-order valence-electron chi connectivity index (χ4n) is 6.78. The van der Waals surface area contributed by atoms with Gasteiger partial charge >= 0.3 is 5.91 Å². The second-order valence-electron chi connectivity index (χ2n) is 10.9. The quantitative estimate of drug-likeness (QED) is 0.389. The Morgan fingerprint density at radius 3 is 2.35 bits per heavy atom. The number of para-hydroxylation sites is 1. The van der Waals surface area contributed by atoms with Gasteiger partial charge in [0.2, 0.25) is 5.54 Å². The molecule has 0 bridgehead atoms. The average Bonchev–Trinajstić information content (AvgIpc) is 3.46. The van der Waals surface area contributed by atoms with Crippen molar-refractivity contribution in [2.24, 2.45) is 0 Å². The lowest BCUT2D eigenvalue weighted by molar-refractivity contribution is -0.953. The van der Waals surface area contributed by atoms with Crippen LogP contribution in [0.1, 0.15) is 23.1 Å². The van der Waals surface area contributed by atoms with Gasteiger partial charge in [-0.2, -0.15) is 4.31 Å². The molecule has 5 rings (SSSR count). The van der Waals surface area contributed by atoms with Gasteiger partial charge in [0.15, 0.2) is 12.2 Å². The third kappa shape index (κ3) is 4.26. The van der Waals surface area contributed by atoms with Crippen molar-refractivity contribution in [1.29, 1.82) is 0 Å². The minimum atomic E-state index is -4.64. The number of carbonyl (C=O) groups is 2. The van der Waals surface area contributed by atoms with Crippen LogP contribution in [0.15, 0.2) is 65.6 Å². The number of carbonyl (C=O) groups excluding carboxylic acids is 2. The van der Waals surface area contributed by atoms with Gasteiger partial charge < -0.3 is 19.5 Å². The molecule has 2 aliphatic rings. The maximum Gasteiger partial charge on any atom is 0.312 e. The van der Waals surface area contributed by atoms with Gasteiger partial charge in [0.05, 0.1) is 45.2 Å². The molecule has 0 radical (unpaired) electrons. The molecule has 0 aromatic heterocycles. The largest absolute Gasteiger partial charge is 0.497 e. The number of quaternary nitrogens is 1. The molecule has 3 aromatic rings. The van der Waals surface area contributed by atoms with Gasteiger partial charge in [0, 0.05) is 19.5 Å². The first-order chi connectivity index (χ1) is 20.4. The SMILES string of the molecule is CNC(=O)[C@@H]1C[C@@H](F)C[N+]1(C)C1(c2ccccc2OC)C(=O)N(S(=O)(=O)c2ccc(OC)cc2OC)c2ccc(C)cc21. The molecular formula is C31H35FN3O7S+. The summed E-state index contributed by atoms with van der Waals surface area (Å²) in [4.78, 5) is 28.4. The number of rotatable bonds is 8. The number of anilines is 1. The smallest absolute Gasteiger partial charge is 0.312 e. The second-order valence-corrected chi connectivity index (χ2v) is 12.7. The normalized spacial score (nSPS) is 24.9. The molecule has 2 amide bonds. The zero-order valence-corrected chi connectivity index (χ0v) is 25.7. The van der Waals surface area contributed by atoms with E-state index in [9.17, 15) is 13.2 Å². The third-order valence-corrected chi connectivity index (χ3v) is 10.4. The van der Waals surface area contributed by atoms with E-state index in [1.165, 1.54) is 46.6 Å². The van der Waals surface area contributed by atoms with Crippen LogP contribution in [-0.4, -0.2) is 78.9 Å². The van der Waals surface area contributed by atoms with Crippen LogP contribution in [0.3, 0.4) is 0 Å². The Labute approximate surface area is 250 Å². The summed E-state index contributed by atoms with van der Waals surface area (Å²) in [5.41, 5.74) is -0.413. The third-order valence-electron chi connectivity index (χ3n) is 8.70. The molecule has 0 spiro atoms. The first-order valence-electron chi connectivity index (χ1n) is 13.7. The first-order valence-corrected chi connectivity index (χ1v) is 15.1. The van der Waals surface area contributed by atoms with E-state index < -0.39 is 44.1 Å². The van der Waals surface area contributed by atoms with Gasteiger partial charge in [-0.15, -0.1) is 0 Å². The molecule has 0 aliphatic carbocycles. The fraction of sp³-hybridized carbons (Fsp3) is 0.355. The standard InChI is InChI=1S/C31H34FN3O7S/c1-19-11-13-24-23(15-19)31(22-9-7-8-10-26(22)41-5,35(3)18-20(32)16-25(35)29(36)33-2)30(37)34(24)43(38,39)28-14-12-21(40-4)17-27(28)42-6/h7-15,17,20,25H,16,18H2,1-6H3/p+1/t20-,25+,31?,35?/m1/s1. The maximum absolute atomic E-state index is 15.5. The molecule has 12 heteroatoms. The molecule has 228 valence electrons. The molecule has 0 saturated carbocycles. The molecular weight excluding hydrogens is 577 g/mol. The Morgan fingerprint density at radius 1 is 1.00 bits per heavy atom. The summed E-state index contributed by atoms with van der Waals surface area (Å²) in [6, 6.07) is 14.9. The number of aryl methyl sites for hydroxylation is 1. The monoisotopic (exact) mass is 612 g/mol. The van der Waals surface area contributed by atoms with Gasteiger partial charge in [-0.05, 0) is 43.3 Å². The number of nitrogens with zero attached hydrogens (tertiary/aromatic N) is 2. The van der Waals surface area contributed by atoms with E-state index in [0.717, 1.165) is 9.87 Å². The minimum Gasteiger partial charge on any atom is -0.497 e. The number of nitrogens with one attached hydrogen (secondary N) is 1. The zero-order chi connectivity index (χ0) is 31.3. The Kier molecular flexibility index (Phi) is 7.64. The van der Waals surface area contributed by atoms with Crippen molar-refractivity contribution < 1.29 is 41.1 Å². The number of amides is 2. The van der Waals surface area contributed by atoms with Crippen molar-refractivity contribution in [3.63, 3.8) is 0 Å². The number of likely N-dealkylation sites (tertiary alicyclic amines) is 1. The van der Waals surface area contributed by atoms with Crippen LogP contribution in [-0.2, 0) is 25.2 Å². The van der Waals surface area contributed by atoms with Crippen molar-refractivity contribution >= 4 is 27.5 Å². The lowest BCUT2D eigenvalue weighted by Crippen LogP contribution is -2.69. The summed E-state index contributed by atoms with van der Waals surface area (Å²) in [6.45, 7) is 1.59. The zero-order valence-electron chi connectivity index (χ0n) is 24.9. The Hall–Kier alpha value is -4.16. The number of alkyl halides is 1. The van der Waals surface area contributed by atoms with Gasteiger partial charge in [-0.25, -0.2) is 12.8 Å². The second kappa shape index (κ2) is 10.8.